The van der Waals surface area contributed by atoms with E-state index in [9.17, 15) is 4.79 Å². The number of rotatable bonds is 8. The molecule has 0 bridgehead atoms. The average molecular weight is 346 g/mol. The lowest BCUT2D eigenvalue weighted by atomic mass is 10.1. The number of carbonyl (C=O) groups is 1. The van der Waals surface area contributed by atoms with Gasteiger partial charge >= 0.3 is 0 Å². The number of anilines is 1. The van der Waals surface area contributed by atoms with Crippen molar-refractivity contribution in [3.8, 4) is 0 Å². The van der Waals surface area contributed by atoms with Crippen molar-refractivity contribution in [2.24, 2.45) is 0 Å². The number of pyridine rings is 1. The lowest BCUT2D eigenvalue weighted by Crippen LogP contribution is -2.24. The first-order valence-corrected chi connectivity index (χ1v) is 9.48. The Morgan fingerprint density at radius 1 is 1.25 bits per heavy atom. The molecule has 0 fully saturated rings. The first kappa shape index (κ1) is 18.5. The minimum atomic E-state index is -0.00160. The summed E-state index contributed by atoms with van der Waals surface area (Å²) >= 11 is 1.58. The monoisotopic (exact) mass is 345 g/mol. The van der Waals surface area contributed by atoms with Gasteiger partial charge < -0.3 is 10.2 Å². The van der Waals surface area contributed by atoms with Crippen molar-refractivity contribution < 1.29 is 4.79 Å². The summed E-state index contributed by atoms with van der Waals surface area (Å²) in [5, 5.41) is 2.99. The number of aryl methyl sites for hydroxylation is 2. The normalized spacial score (nSPS) is 10.7. The number of nitrogens with one attached hydrogen (secondary N) is 1. The van der Waals surface area contributed by atoms with Crippen LogP contribution in [0.3, 0.4) is 0 Å². The van der Waals surface area contributed by atoms with Crippen LogP contribution in [0.1, 0.15) is 52.9 Å². The van der Waals surface area contributed by atoms with Crippen molar-refractivity contribution >= 4 is 23.1 Å². The van der Waals surface area contributed by atoms with Crippen LogP contribution in [0.2, 0.25) is 0 Å². The summed E-state index contributed by atoms with van der Waals surface area (Å²) < 4.78 is 0. The Hall–Kier alpha value is -1.88. The molecule has 5 heteroatoms. The molecule has 0 saturated carbocycles. The summed E-state index contributed by atoms with van der Waals surface area (Å²) in [6.45, 7) is 10.9. The Balaban J connectivity index is 1.95. The van der Waals surface area contributed by atoms with E-state index < -0.39 is 0 Å². The van der Waals surface area contributed by atoms with Crippen LogP contribution in [-0.4, -0.2) is 24.0 Å². The third-order valence-corrected chi connectivity index (χ3v) is 5.20. The highest BCUT2D eigenvalue weighted by molar-refractivity contribution is 7.14. The highest BCUT2D eigenvalue weighted by atomic mass is 32.1. The molecule has 0 aliphatic heterocycles. The van der Waals surface area contributed by atoms with E-state index in [0.29, 0.717) is 6.54 Å². The van der Waals surface area contributed by atoms with Crippen LogP contribution in [0, 0.1) is 6.92 Å². The van der Waals surface area contributed by atoms with Gasteiger partial charge in [-0.15, -0.1) is 11.3 Å². The highest BCUT2D eigenvalue weighted by Crippen LogP contribution is 2.22. The summed E-state index contributed by atoms with van der Waals surface area (Å²) in [5.41, 5.74) is 2.30. The number of hydrogen-bond donors (Lipinski definition) is 1. The van der Waals surface area contributed by atoms with Gasteiger partial charge in [0.15, 0.2) is 0 Å². The van der Waals surface area contributed by atoms with Crippen molar-refractivity contribution in [2.75, 3.05) is 18.0 Å². The van der Waals surface area contributed by atoms with Crippen molar-refractivity contribution in [2.45, 2.75) is 47.1 Å². The Morgan fingerprint density at radius 2 is 2.00 bits per heavy atom. The van der Waals surface area contributed by atoms with Gasteiger partial charge in [0.1, 0.15) is 5.82 Å². The van der Waals surface area contributed by atoms with Gasteiger partial charge in [0.25, 0.3) is 5.91 Å². The Kier molecular flexibility index (Phi) is 6.79. The molecule has 24 heavy (non-hydrogen) atoms. The minimum absolute atomic E-state index is 0.00160. The van der Waals surface area contributed by atoms with Crippen molar-refractivity contribution in [1.82, 2.24) is 10.3 Å². The zero-order valence-electron chi connectivity index (χ0n) is 15.1. The Morgan fingerprint density at radius 3 is 2.58 bits per heavy atom. The highest BCUT2D eigenvalue weighted by Gasteiger charge is 2.12. The molecule has 0 aromatic carbocycles. The molecule has 0 radical (unpaired) electrons. The van der Waals surface area contributed by atoms with E-state index in [1.54, 1.807) is 11.3 Å². The first-order valence-electron chi connectivity index (χ1n) is 8.66. The second kappa shape index (κ2) is 8.83. The fourth-order valence-corrected chi connectivity index (χ4v) is 3.66. The number of thiophene rings is 1. The molecular formula is C19H27N3OS. The third-order valence-electron chi connectivity index (χ3n) is 4.11. The fraction of sp³-hybridized carbons (Fsp3) is 0.474. The van der Waals surface area contributed by atoms with Gasteiger partial charge in [-0.3, -0.25) is 4.79 Å². The summed E-state index contributed by atoms with van der Waals surface area (Å²) in [6.07, 6.45) is 3.98. The number of aromatic nitrogens is 1. The lowest BCUT2D eigenvalue weighted by Gasteiger charge is -2.19. The smallest absolute Gasteiger partial charge is 0.261 e. The van der Waals surface area contributed by atoms with Gasteiger partial charge in [-0.05, 0) is 50.5 Å². The summed E-state index contributed by atoms with van der Waals surface area (Å²) in [4.78, 5) is 21.1. The van der Waals surface area contributed by atoms with Crippen molar-refractivity contribution in [3.63, 3.8) is 0 Å². The standard InChI is InChI=1S/C19H27N3OS/c1-5-8-16-11-17(24-14(16)4)19(23)21-13-15-9-10-18(20-12-15)22(6-2)7-3/h9-12H,5-8,13H2,1-4H3,(H,21,23). The van der Waals surface area contributed by atoms with Crippen LogP contribution in [0.5, 0.6) is 0 Å². The maximum atomic E-state index is 12.3. The molecule has 2 rings (SSSR count). The molecule has 2 heterocycles. The number of carbonyl (C=O) groups excluding carboxylic acids is 1. The number of hydrogen-bond acceptors (Lipinski definition) is 4. The van der Waals surface area contributed by atoms with Gasteiger partial charge in [-0.2, -0.15) is 0 Å². The molecule has 130 valence electrons. The zero-order chi connectivity index (χ0) is 17.5. The van der Waals surface area contributed by atoms with Crippen LogP contribution in [-0.2, 0) is 13.0 Å². The zero-order valence-corrected chi connectivity index (χ0v) is 15.9. The molecule has 2 aromatic rings. The molecule has 2 aromatic heterocycles. The minimum Gasteiger partial charge on any atom is -0.357 e. The maximum absolute atomic E-state index is 12.3. The molecular weight excluding hydrogens is 318 g/mol. The van der Waals surface area contributed by atoms with Crippen LogP contribution >= 0.6 is 11.3 Å². The van der Waals surface area contributed by atoms with Gasteiger partial charge in [0, 0.05) is 30.7 Å². The largest absolute Gasteiger partial charge is 0.357 e. The molecule has 0 aliphatic rings. The number of amides is 1. The molecule has 0 saturated heterocycles. The van der Waals surface area contributed by atoms with Crippen LogP contribution in [0.4, 0.5) is 5.82 Å². The van der Waals surface area contributed by atoms with E-state index >= 15 is 0 Å². The quantitative estimate of drug-likeness (QED) is 0.780. The van der Waals surface area contributed by atoms with E-state index in [2.05, 4.69) is 42.9 Å². The fourth-order valence-electron chi connectivity index (χ4n) is 2.67. The molecule has 0 aliphatic carbocycles. The Labute approximate surface area is 148 Å². The SMILES string of the molecule is CCCc1cc(C(=O)NCc2ccc(N(CC)CC)nc2)sc1C. The average Bonchev–Trinajstić information content (AvgIpc) is 2.96. The van der Waals surface area contributed by atoms with E-state index in [1.165, 1.54) is 10.4 Å². The van der Waals surface area contributed by atoms with E-state index in [0.717, 1.165) is 42.2 Å². The molecule has 0 spiro atoms. The molecule has 1 amide bonds. The molecule has 0 atom stereocenters. The van der Waals surface area contributed by atoms with Crippen LogP contribution in [0.25, 0.3) is 0 Å². The van der Waals surface area contributed by atoms with Crippen molar-refractivity contribution in [3.05, 3.63) is 45.3 Å². The van der Waals surface area contributed by atoms with Gasteiger partial charge in [0.2, 0.25) is 0 Å². The van der Waals surface area contributed by atoms with Crippen LogP contribution < -0.4 is 10.2 Å². The second-order valence-corrected chi connectivity index (χ2v) is 7.08. The summed E-state index contributed by atoms with van der Waals surface area (Å²) in [5.74, 6) is 0.978. The first-order chi connectivity index (χ1) is 11.6. The van der Waals surface area contributed by atoms with E-state index in [1.807, 2.05) is 24.4 Å². The molecule has 0 unspecified atom stereocenters. The predicted molar refractivity (Wildman–Crippen MR) is 102 cm³/mol. The van der Waals surface area contributed by atoms with Crippen molar-refractivity contribution in [1.29, 1.82) is 0 Å². The summed E-state index contributed by atoms with van der Waals surface area (Å²) in [6, 6.07) is 6.08. The lowest BCUT2D eigenvalue weighted by molar-refractivity contribution is 0.0955. The van der Waals surface area contributed by atoms with Gasteiger partial charge in [-0.25, -0.2) is 4.98 Å². The molecule has 4 nitrogen and oxygen atoms in total. The summed E-state index contributed by atoms with van der Waals surface area (Å²) in [7, 11) is 0. The predicted octanol–water partition coefficient (Wildman–Crippen LogP) is 4.18. The number of nitrogens with zero attached hydrogens (tertiary/aromatic N) is 2. The van der Waals surface area contributed by atoms with Gasteiger partial charge in [0.05, 0.1) is 4.88 Å². The van der Waals surface area contributed by atoms with E-state index in [4.69, 9.17) is 0 Å². The molecule has 1 N–H and O–H groups in total. The van der Waals surface area contributed by atoms with Gasteiger partial charge in [-0.1, -0.05) is 19.4 Å². The maximum Gasteiger partial charge on any atom is 0.261 e. The Bertz CT molecular complexity index is 660. The topological polar surface area (TPSA) is 45.2 Å². The van der Waals surface area contributed by atoms with Crippen LogP contribution in [0.15, 0.2) is 24.4 Å². The second-order valence-electron chi connectivity index (χ2n) is 5.82. The third kappa shape index (κ3) is 4.57. The van der Waals surface area contributed by atoms with E-state index in [-0.39, 0.29) is 5.91 Å².